The third kappa shape index (κ3) is 4.86. The summed E-state index contributed by atoms with van der Waals surface area (Å²) in [6.45, 7) is 6.24. The number of hydrogen-bond acceptors (Lipinski definition) is 2. The Labute approximate surface area is 130 Å². The maximum Gasteiger partial charge on any atom is 0.0462 e. The minimum atomic E-state index is 0.654. The molecule has 0 bridgehead atoms. The van der Waals surface area contributed by atoms with Crippen molar-refractivity contribution in [2.24, 2.45) is 5.92 Å². The molecule has 0 atom stereocenters. The predicted octanol–water partition coefficient (Wildman–Crippen LogP) is 5.24. The van der Waals surface area contributed by atoms with E-state index in [1.54, 1.807) is 11.8 Å². The first-order chi connectivity index (χ1) is 9.65. The van der Waals surface area contributed by atoms with E-state index in [9.17, 15) is 0 Å². The third-order valence-corrected chi connectivity index (χ3v) is 4.22. The number of halogens is 1. The zero-order valence-corrected chi connectivity index (χ0v) is 13.5. The monoisotopic (exact) mass is 305 g/mol. The molecule has 0 aliphatic carbocycles. The highest BCUT2D eigenvalue weighted by Crippen LogP contribution is 2.30. The zero-order chi connectivity index (χ0) is 14.4. The van der Waals surface area contributed by atoms with Gasteiger partial charge in [0.2, 0.25) is 0 Å². The van der Waals surface area contributed by atoms with Crippen LogP contribution in [0.2, 0.25) is 5.02 Å². The van der Waals surface area contributed by atoms with Crippen molar-refractivity contribution in [1.82, 2.24) is 5.32 Å². The molecular formula is C17H20ClNS. The summed E-state index contributed by atoms with van der Waals surface area (Å²) < 4.78 is 0. The van der Waals surface area contributed by atoms with E-state index in [-0.39, 0.29) is 0 Å². The Bertz CT molecular complexity index is 540. The van der Waals surface area contributed by atoms with Crippen molar-refractivity contribution >= 4 is 23.4 Å². The summed E-state index contributed by atoms with van der Waals surface area (Å²) in [5, 5.41) is 4.26. The second-order valence-electron chi connectivity index (χ2n) is 5.19. The highest BCUT2D eigenvalue weighted by atomic mass is 35.5. The lowest BCUT2D eigenvalue weighted by atomic mass is 10.2. The number of nitrogens with one attached hydrogen (secondary N) is 1. The zero-order valence-electron chi connectivity index (χ0n) is 11.9. The minimum absolute atomic E-state index is 0.654. The Morgan fingerprint density at radius 3 is 2.45 bits per heavy atom. The summed E-state index contributed by atoms with van der Waals surface area (Å²) in [7, 11) is 0. The lowest BCUT2D eigenvalue weighted by molar-refractivity contribution is 0.552. The molecule has 0 spiro atoms. The van der Waals surface area contributed by atoms with Gasteiger partial charge in [-0.25, -0.2) is 0 Å². The summed E-state index contributed by atoms with van der Waals surface area (Å²) in [6, 6.07) is 16.6. The van der Waals surface area contributed by atoms with Crippen LogP contribution in [0.4, 0.5) is 0 Å². The van der Waals surface area contributed by atoms with Gasteiger partial charge in [0.1, 0.15) is 0 Å². The van der Waals surface area contributed by atoms with Gasteiger partial charge < -0.3 is 5.32 Å². The quantitative estimate of drug-likeness (QED) is 0.783. The smallest absolute Gasteiger partial charge is 0.0462 e. The lowest BCUT2D eigenvalue weighted by Gasteiger charge is -2.10. The van der Waals surface area contributed by atoms with Gasteiger partial charge in [0.25, 0.3) is 0 Å². The van der Waals surface area contributed by atoms with Crippen LogP contribution in [0.3, 0.4) is 0 Å². The molecule has 0 aromatic heterocycles. The average Bonchev–Trinajstić information content (AvgIpc) is 2.42. The second-order valence-corrected chi connectivity index (χ2v) is 6.75. The van der Waals surface area contributed by atoms with Crippen LogP contribution in [-0.2, 0) is 6.54 Å². The summed E-state index contributed by atoms with van der Waals surface area (Å²) in [6.07, 6.45) is 0. The number of hydrogen-bond donors (Lipinski definition) is 1. The molecule has 3 heteroatoms. The molecule has 0 aliphatic rings. The Morgan fingerprint density at radius 2 is 1.80 bits per heavy atom. The summed E-state index contributed by atoms with van der Waals surface area (Å²) in [4.78, 5) is 2.41. The Hall–Kier alpha value is -0.960. The van der Waals surface area contributed by atoms with Crippen LogP contribution in [-0.4, -0.2) is 6.54 Å². The van der Waals surface area contributed by atoms with Gasteiger partial charge in [-0.2, -0.15) is 0 Å². The molecular weight excluding hydrogens is 286 g/mol. The van der Waals surface area contributed by atoms with Crippen molar-refractivity contribution in [2.45, 2.75) is 30.2 Å². The van der Waals surface area contributed by atoms with Gasteiger partial charge in [0.05, 0.1) is 0 Å². The largest absolute Gasteiger partial charge is 0.312 e. The molecule has 2 rings (SSSR count). The highest BCUT2D eigenvalue weighted by molar-refractivity contribution is 7.99. The van der Waals surface area contributed by atoms with E-state index in [1.165, 1.54) is 9.79 Å². The molecule has 0 unspecified atom stereocenters. The van der Waals surface area contributed by atoms with E-state index in [0.717, 1.165) is 23.7 Å². The van der Waals surface area contributed by atoms with Crippen LogP contribution in [0.5, 0.6) is 0 Å². The third-order valence-electron chi connectivity index (χ3n) is 2.87. The van der Waals surface area contributed by atoms with Crippen molar-refractivity contribution in [3.63, 3.8) is 0 Å². The lowest BCUT2D eigenvalue weighted by Crippen LogP contribution is -2.19. The second kappa shape index (κ2) is 7.72. The summed E-state index contributed by atoms with van der Waals surface area (Å²) in [5.41, 5.74) is 1.16. The van der Waals surface area contributed by atoms with Gasteiger partial charge in [0.15, 0.2) is 0 Å². The van der Waals surface area contributed by atoms with Crippen LogP contribution in [0.1, 0.15) is 19.4 Å². The minimum Gasteiger partial charge on any atom is -0.312 e. The maximum absolute atomic E-state index is 6.36. The van der Waals surface area contributed by atoms with E-state index in [0.29, 0.717) is 5.92 Å². The molecule has 0 saturated carbocycles. The van der Waals surface area contributed by atoms with Gasteiger partial charge in [-0.1, -0.05) is 61.5 Å². The fraction of sp³-hybridized carbons (Fsp3) is 0.294. The molecule has 0 radical (unpaired) electrons. The molecule has 0 amide bonds. The Kier molecular flexibility index (Phi) is 5.96. The van der Waals surface area contributed by atoms with Gasteiger partial charge in [-0.05, 0) is 42.3 Å². The van der Waals surface area contributed by atoms with Crippen LogP contribution < -0.4 is 5.32 Å². The van der Waals surface area contributed by atoms with E-state index >= 15 is 0 Å². The van der Waals surface area contributed by atoms with Crippen molar-refractivity contribution in [3.8, 4) is 0 Å². The topological polar surface area (TPSA) is 12.0 Å². The highest BCUT2D eigenvalue weighted by Gasteiger charge is 2.04. The van der Waals surface area contributed by atoms with E-state index < -0.39 is 0 Å². The molecule has 106 valence electrons. The Balaban J connectivity index is 1.98. The van der Waals surface area contributed by atoms with Crippen molar-refractivity contribution in [2.75, 3.05) is 6.54 Å². The standard InChI is InChI=1S/C17H20ClNS/c1-13(2)11-19-12-14-8-9-16(10-17(14)18)20-15-6-4-3-5-7-15/h3-10,13,19H,11-12H2,1-2H3. The normalized spacial score (nSPS) is 11.0. The molecule has 1 N–H and O–H groups in total. The summed E-state index contributed by atoms with van der Waals surface area (Å²) in [5.74, 6) is 0.654. The average molecular weight is 306 g/mol. The molecule has 2 aromatic rings. The predicted molar refractivity (Wildman–Crippen MR) is 88.6 cm³/mol. The van der Waals surface area contributed by atoms with Crippen LogP contribution in [0.25, 0.3) is 0 Å². The van der Waals surface area contributed by atoms with Gasteiger partial charge >= 0.3 is 0 Å². The molecule has 1 nitrogen and oxygen atoms in total. The number of rotatable bonds is 6. The van der Waals surface area contributed by atoms with Crippen LogP contribution in [0.15, 0.2) is 58.3 Å². The van der Waals surface area contributed by atoms with Gasteiger partial charge in [-0.3, -0.25) is 0 Å². The Morgan fingerprint density at radius 1 is 1.05 bits per heavy atom. The fourth-order valence-electron chi connectivity index (χ4n) is 1.86. The SMILES string of the molecule is CC(C)CNCc1ccc(Sc2ccccc2)cc1Cl. The van der Waals surface area contributed by atoms with Crippen LogP contribution >= 0.6 is 23.4 Å². The van der Waals surface area contributed by atoms with Gasteiger partial charge in [0, 0.05) is 21.4 Å². The molecule has 0 fully saturated rings. The van der Waals surface area contributed by atoms with E-state index in [1.807, 2.05) is 24.3 Å². The molecule has 20 heavy (non-hydrogen) atoms. The maximum atomic E-state index is 6.36. The van der Waals surface area contributed by atoms with E-state index in [2.05, 4.69) is 43.4 Å². The fourth-order valence-corrected chi connectivity index (χ4v) is 3.05. The molecule has 0 aliphatic heterocycles. The first kappa shape index (κ1) is 15.4. The summed E-state index contributed by atoms with van der Waals surface area (Å²) >= 11 is 8.09. The van der Waals surface area contributed by atoms with Crippen molar-refractivity contribution < 1.29 is 0 Å². The van der Waals surface area contributed by atoms with Crippen molar-refractivity contribution in [1.29, 1.82) is 0 Å². The molecule has 0 saturated heterocycles. The number of benzene rings is 2. The van der Waals surface area contributed by atoms with Crippen molar-refractivity contribution in [3.05, 3.63) is 59.1 Å². The van der Waals surface area contributed by atoms with Crippen LogP contribution in [0, 0.1) is 5.92 Å². The molecule has 2 aromatic carbocycles. The van der Waals surface area contributed by atoms with Gasteiger partial charge in [-0.15, -0.1) is 0 Å². The first-order valence-corrected chi connectivity index (χ1v) is 8.06. The van der Waals surface area contributed by atoms with E-state index in [4.69, 9.17) is 11.6 Å². The molecule has 0 heterocycles. The first-order valence-electron chi connectivity index (χ1n) is 6.87.